The molecule has 2 aliphatic heterocycles. The van der Waals surface area contributed by atoms with E-state index in [1.165, 1.54) is 18.6 Å². The van der Waals surface area contributed by atoms with E-state index in [0.29, 0.717) is 18.8 Å². The summed E-state index contributed by atoms with van der Waals surface area (Å²) in [6, 6.07) is 4.62. The Labute approximate surface area is 142 Å². The van der Waals surface area contributed by atoms with Gasteiger partial charge in [-0.3, -0.25) is 9.69 Å². The maximum absolute atomic E-state index is 13.7. The Hall–Kier alpha value is -1.66. The quantitative estimate of drug-likeness (QED) is 0.918. The molecule has 1 amide bonds. The van der Waals surface area contributed by atoms with Gasteiger partial charge in [0.05, 0.1) is 18.0 Å². The Morgan fingerprint density at radius 3 is 2.83 bits per heavy atom. The summed E-state index contributed by atoms with van der Waals surface area (Å²) in [5, 5.41) is 2.89. The third kappa shape index (κ3) is 4.05. The van der Waals surface area contributed by atoms with Gasteiger partial charge < -0.3 is 15.0 Å². The van der Waals surface area contributed by atoms with Gasteiger partial charge in [-0.1, -0.05) is 6.92 Å². The summed E-state index contributed by atoms with van der Waals surface area (Å²) in [7, 11) is 0. The molecule has 2 saturated heterocycles. The fourth-order valence-electron chi connectivity index (χ4n) is 3.38. The molecule has 3 rings (SSSR count). The maximum atomic E-state index is 13.7. The summed E-state index contributed by atoms with van der Waals surface area (Å²) in [5.41, 5.74) is 1.44. The summed E-state index contributed by atoms with van der Waals surface area (Å²) in [5.74, 6) is -0.539. The molecule has 24 heavy (non-hydrogen) atoms. The third-order valence-electron chi connectivity index (χ3n) is 4.80. The molecule has 2 aliphatic rings. The fourth-order valence-corrected chi connectivity index (χ4v) is 3.38. The van der Waals surface area contributed by atoms with Crippen LogP contribution in [0.15, 0.2) is 18.2 Å². The molecule has 0 aliphatic carbocycles. The van der Waals surface area contributed by atoms with Crippen LogP contribution >= 0.6 is 0 Å². The number of carbonyl (C=O) groups excluding carboxylic acids is 1. The van der Waals surface area contributed by atoms with E-state index < -0.39 is 6.10 Å². The zero-order valence-electron chi connectivity index (χ0n) is 14.3. The first kappa shape index (κ1) is 17.2. The van der Waals surface area contributed by atoms with Gasteiger partial charge in [0, 0.05) is 26.2 Å². The molecule has 6 heteroatoms. The number of carbonyl (C=O) groups is 1. The largest absolute Gasteiger partial charge is 0.370 e. The second-order valence-corrected chi connectivity index (χ2v) is 6.45. The molecule has 0 aromatic heterocycles. The van der Waals surface area contributed by atoms with Gasteiger partial charge in [0.25, 0.3) is 5.91 Å². The Morgan fingerprint density at radius 1 is 1.29 bits per heavy atom. The second-order valence-electron chi connectivity index (χ2n) is 6.45. The van der Waals surface area contributed by atoms with Crippen LogP contribution < -0.4 is 10.2 Å². The number of nitrogens with zero attached hydrogens (tertiary/aromatic N) is 2. The SMILES string of the molecule is CCN1CCOC(C(=O)Nc2cc(F)ccc2N2CCCCC2)C1. The Bertz CT molecular complexity index is 575. The molecule has 0 radical (unpaired) electrons. The predicted molar refractivity (Wildman–Crippen MR) is 92.9 cm³/mol. The first-order valence-electron chi connectivity index (χ1n) is 8.86. The summed E-state index contributed by atoms with van der Waals surface area (Å²) in [4.78, 5) is 17.0. The lowest BCUT2D eigenvalue weighted by atomic mass is 10.1. The number of nitrogens with one attached hydrogen (secondary N) is 1. The van der Waals surface area contributed by atoms with E-state index in [1.807, 2.05) is 0 Å². The number of hydrogen-bond acceptors (Lipinski definition) is 4. The fraction of sp³-hybridized carbons (Fsp3) is 0.611. The van der Waals surface area contributed by atoms with E-state index in [1.54, 1.807) is 6.07 Å². The number of benzene rings is 1. The smallest absolute Gasteiger partial charge is 0.254 e. The Morgan fingerprint density at radius 2 is 2.08 bits per heavy atom. The summed E-state index contributed by atoms with van der Waals surface area (Å²) in [6.07, 6.45) is 2.97. The normalized spacial score (nSPS) is 22.4. The van der Waals surface area contributed by atoms with Gasteiger partial charge in [-0.2, -0.15) is 0 Å². The van der Waals surface area contributed by atoms with Crippen LogP contribution in [0.3, 0.4) is 0 Å². The predicted octanol–water partition coefficient (Wildman–Crippen LogP) is 2.48. The van der Waals surface area contributed by atoms with Crippen molar-refractivity contribution >= 4 is 17.3 Å². The number of halogens is 1. The number of piperidine rings is 1. The van der Waals surface area contributed by atoms with E-state index in [-0.39, 0.29) is 11.7 Å². The molecular weight excluding hydrogens is 309 g/mol. The first-order chi connectivity index (χ1) is 11.7. The van der Waals surface area contributed by atoms with Crippen LogP contribution in [0.25, 0.3) is 0 Å². The minimum absolute atomic E-state index is 0.197. The van der Waals surface area contributed by atoms with E-state index >= 15 is 0 Å². The lowest BCUT2D eigenvalue weighted by molar-refractivity contribution is -0.132. The highest BCUT2D eigenvalue weighted by Gasteiger charge is 2.27. The van der Waals surface area contributed by atoms with Crippen molar-refractivity contribution < 1.29 is 13.9 Å². The molecule has 2 fully saturated rings. The highest BCUT2D eigenvalue weighted by Crippen LogP contribution is 2.29. The van der Waals surface area contributed by atoms with Gasteiger partial charge in [-0.25, -0.2) is 4.39 Å². The van der Waals surface area contributed by atoms with Crippen molar-refractivity contribution in [3.05, 3.63) is 24.0 Å². The van der Waals surface area contributed by atoms with Gasteiger partial charge in [-0.15, -0.1) is 0 Å². The Balaban J connectivity index is 1.73. The maximum Gasteiger partial charge on any atom is 0.254 e. The van der Waals surface area contributed by atoms with Crippen molar-refractivity contribution in [3.63, 3.8) is 0 Å². The Kier molecular flexibility index (Phi) is 5.68. The molecule has 132 valence electrons. The van der Waals surface area contributed by atoms with Gasteiger partial charge >= 0.3 is 0 Å². The number of likely N-dealkylation sites (N-methyl/N-ethyl adjacent to an activating group) is 1. The molecule has 1 N–H and O–H groups in total. The van der Waals surface area contributed by atoms with Crippen molar-refractivity contribution in [2.24, 2.45) is 0 Å². The average molecular weight is 335 g/mol. The highest BCUT2D eigenvalue weighted by molar-refractivity contribution is 5.97. The average Bonchev–Trinajstić information content (AvgIpc) is 2.62. The van der Waals surface area contributed by atoms with Crippen LogP contribution in [0.1, 0.15) is 26.2 Å². The monoisotopic (exact) mass is 335 g/mol. The molecular formula is C18H26FN3O2. The van der Waals surface area contributed by atoms with Crippen LogP contribution in [0, 0.1) is 5.82 Å². The van der Waals surface area contributed by atoms with Gasteiger partial charge in [0.1, 0.15) is 11.9 Å². The number of hydrogen-bond donors (Lipinski definition) is 1. The minimum atomic E-state index is -0.504. The molecule has 2 heterocycles. The zero-order chi connectivity index (χ0) is 16.9. The van der Waals surface area contributed by atoms with Crippen LogP contribution in [0.4, 0.5) is 15.8 Å². The van der Waals surface area contributed by atoms with Gasteiger partial charge in [0.2, 0.25) is 0 Å². The van der Waals surface area contributed by atoms with E-state index in [9.17, 15) is 9.18 Å². The summed E-state index contributed by atoms with van der Waals surface area (Å²) in [6.45, 7) is 6.83. The van der Waals surface area contributed by atoms with Gasteiger partial charge in [-0.05, 0) is 44.0 Å². The van der Waals surface area contributed by atoms with Crippen molar-refractivity contribution in [1.29, 1.82) is 0 Å². The zero-order valence-corrected chi connectivity index (χ0v) is 14.3. The number of anilines is 2. The number of amides is 1. The van der Waals surface area contributed by atoms with Crippen molar-refractivity contribution in [1.82, 2.24) is 4.90 Å². The second kappa shape index (κ2) is 7.94. The number of rotatable bonds is 4. The van der Waals surface area contributed by atoms with Gasteiger partial charge in [0.15, 0.2) is 0 Å². The van der Waals surface area contributed by atoms with Crippen LogP contribution in [-0.4, -0.2) is 56.2 Å². The molecule has 5 nitrogen and oxygen atoms in total. The van der Waals surface area contributed by atoms with Crippen molar-refractivity contribution in [3.8, 4) is 0 Å². The number of ether oxygens (including phenoxy) is 1. The van der Waals surface area contributed by atoms with E-state index in [4.69, 9.17) is 4.74 Å². The van der Waals surface area contributed by atoms with Crippen LogP contribution in [-0.2, 0) is 9.53 Å². The molecule has 1 unspecified atom stereocenters. The minimum Gasteiger partial charge on any atom is -0.370 e. The number of morpholine rings is 1. The van der Waals surface area contributed by atoms with E-state index in [2.05, 4.69) is 22.0 Å². The molecule has 1 aromatic carbocycles. The third-order valence-corrected chi connectivity index (χ3v) is 4.80. The van der Waals surface area contributed by atoms with E-state index in [0.717, 1.165) is 44.7 Å². The van der Waals surface area contributed by atoms with Crippen LogP contribution in [0.2, 0.25) is 0 Å². The molecule has 0 spiro atoms. The lowest BCUT2D eigenvalue weighted by Gasteiger charge is -2.33. The molecule has 0 saturated carbocycles. The lowest BCUT2D eigenvalue weighted by Crippen LogP contribution is -2.47. The molecule has 0 bridgehead atoms. The standard InChI is InChI=1S/C18H26FN3O2/c1-2-21-10-11-24-17(13-21)18(23)20-15-12-14(19)6-7-16(15)22-8-4-3-5-9-22/h6-7,12,17H,2-5,8-11,13H2,1H3,(H,20,23). The summed E-state index contributed by atoms with van der Waals surface area (Å²) >= 11 is 0. The highest BCUT2D eigenvalue weighted by atomic mass is 19.1. The first-order valence-corrected chi connectivity index (χ1v) is 8.86. The van der Waals surface area contributed by atoms with Crippen molar-refractivity contribution in [2.45, 2.75) is 32.3 Å². The topological polar surface area (TPSA) is 44.8 Å². The van der Waals surface area contributed by atoms with Crippen LogP contribution in [0.5, 0.6) is 0 Å². The molecule has 1 aromatic rings. The van der Waals surface area contributed by atoms with Crippen molar-refractivity contribution in [2.75, 3.05) is 49.5 Å². The summed E-state index contributed by atoms with van der Waals surface area (Å²) < 4.78 is 19.3. The molecule has 1 atom stereocenters.